The van der Waals surface area contributed by atoms with E-state index < -0.39 is 5.41 Å². The van der Waals surface area contributed by atoms with Crippen LogP contribution >= 0.6 is 11.3 Å². The molecule has 0 saturated carbocycles. The molecule has 0 unspecified atom stereocenters. The topological polar surface area (TPSA) is 3.24 Å². The summed E-state index contributed by atoms with van der Waals surface area (Å²) in [6.07, 6.45) is 0. The smallest absolute Gasteiger partial charge is 0.0725 e. The number of fused-ring (bicyclic) bond motifs is 13. The molecule has 0 atom stereocenters. The Morgan fingerprint density at radius 2 is 0.797 bits per heavy atom. The van der Waals surface area contributed by atoms with Crippen molar-refractivity contribution in [3.8, 4) is 66.8 Å². The third kappa shape index (κ3) is 6.02. The van der Waals surface area contributed by atoms with Crippen molar-refractivity contribution in [2.24, 2.45) is 0 Å². The summed E-state index contributed by atoms with van der Waals surface area (Å²) in [5.41, 5.74) is 22.9. The van der Waals surface area contributed by atoms with Crippen molar-refractivity contribution < 1.29 is 0 Å². The van der Waals surface area contributed by atoms with Crippen LogP contribution in [0, 0.1) is 0 Å². The van der Waals surface area contributed by atoms with Crippen LogP contribution in [0.25, 0.3) is 86.9 Å². The zero-order valence-corrected chi connectivity index (χ0v) is 38.5. The van der Waals surface area contributed by atoms with E-state index in [2.05, 4.69) is 266 Å². The summed E-state index contributed by atoms with van der Waals surface area (Å²) in [6.45, 7) is 0. The second-order valence-electron chi connectivity index (χ2n) is 18.3. The van der Waals surface area contributed by atoms with Crippen LogP contribution in [0.5, 0.6) is 0 Å². The molecule has 0 bridgehead atoms. The van der Waals surface area contributed by atoms with Crippen molar-refractivity contribution in [2.45, 2.75) is 5.41 Å². The van der Waals surface area contributed by atoms with Gasteiger partial charge in [-0.15, -0.1) is 11.3 Å². The lowest BCUT2D eigenvalue weighted by atomic mass is 9.70. The van der Waals surface area contributed by atoms with E-state index in [9.17, 15) is 0 Å². The molecular formula is C67H43NS. The van der Waals surface area contributed by atoms with E-state index in [-0.39, 0.29) is 0 Å². The van der Waals surface area contributed by atoms with Gasteiger partial charge in [0.25, 0.3) is 0 Å². The number of thiophene rings is 1. The van der Waals surface area contributed by atoms with Gasteiger partial charge in [0.05, 0.1) is 11.1 Å². The third-order valence-corrected chi connectivity index (χ3v) is 15.9. The minimum absolute atomic E-state index is 0.466. The second kappa shape index (κ2) is 15.8. The minimum atomic E-state index is -0.466. The Labute approximate surface area is 406 Å². The first-order valence-corrected chi connectivity index (χ1v) is 24.6. The van der Waals surface area contributed by atoms with Crippen molar-refractivity contribution in [1.82, 2.24) is 0 Å². The molecule has 1 nitrogen and oxygen atoms in total. The van der Waals surface area contributed by atoms with Crippen LogP contribution in [0.4, 0.5) is 17.1 Å². The Kier molecular flexibility index (Phi) is 9.05. The molecule has 14 rings (SSSR count). The lowest BCUT2D eigenvalue weighted by molar-refractivity contribution is 0.794. The highest BCUT2D eigenvalue weighted by molar-refractivity contribution is 7.26. The first-order chi connectivity index (χ1) is 34.2. The van der Waals surface area contributed by atoms with E-state index in [1.54, 1.807) is 0 Å². The molecular weight excluding hydrogens is 851 g/mol. The van der Waals surface area contributed by atoms with Gasteiger partial charge >= 0.3 is 0 Å². The van der Waals surface area contributed by atoms with E-state index in [0.717, 1.165) is 17.1 Å². The average molecular weight is 894 g/mol. The minimum Gasteiger partial charge on any atom is -0.310 e. The SMILES string of the molecule is c1ccc(-c2ccc(N(c3cccc(-c4ccccc4)c3)c3ccc(-c4cccc5c4sc4ccccc45)cc3-c3cccc4c3-c3ccccc3C43c4ccccc4-c4ccccc43)cc2)cc1. The maximum absolute atomic E-state index is 2.49. The van der Waals surface area contributed by atoms with Crippen LogP contribution in [-0.2, 0) is 5.41 Å². The van der Waals surface area contributed by atoms with Gasteiger partial charge in [0.1, 0.15) is 0 Å². The van der Waals surface area contributed by atoms with E-state index >= 15 is 0 Å². The molecule has 0 aliphatic heterocycles. The fourth-order valence-electron chi connectivity index (χ4n) is 11.8. The van der Waals surface area contributed by atoms with Gasteiger partial charge in [-0.05, 0) is 126 Å². The normalized spacial score (nSPS) is 12.8. The molecule has 0 radical (unpaired) electrons. The highest BCUT2D eigenvalue weighted by Gasteiger charge is 2.52. The standard InChI is InChI=1S/C67H43NS/c1-3-18-44(19-4-1)46-36-39-49(40-37-46)68(50-23-15-22-47(42-50)45-20-5-2-6-21-45)63-41-38-48(51-28-16-30-56-54-26-10-14-35-64(54)69-66(51)56)43-58(63)55-29-17-34-62-65(55)57-27-9-13-33-61(57)67(62)59-31-11-7-24-52(59)53-25-8-12-32-60(53)67/h1-43H. The number of benzene rings is 11. The fourth-order valence-corrected chi connectivity index (χ4v) is 13.0. The predicted molar refractivity (Wildman–Crippen MR) is 292 cm³/mol. The molecule has 322 valence electrons. The molecule has 2 aliphatic carbocycles. The predicted octanol–water partition coefficient (Wildman–Crippen LogP) is 18.5. The molecule has 11 aromatic carbocycles. The number of hydrogen-bond donors (Lipinski definition) is 0. The Bertz CT molecular complexity index is 3910. The van der Waals surface area contributed by atoms with Gasteiger partial charge in [0.15, 0.2) is 0 Å². The van der Waals surface area contributed by atoms with E-state index in [4.69, 9.17) is 0 Å². The number of hydrogen-bond acceptors (Lipinski definition) is 2. The summed E-state index contributed by atoms with van der Waals surface area (Å²) in [6, 6.07) is 96.9. The maximum Gasteiger partial charge on any atom is 0.0725 e. The molecule has 1 spiro atoms. The molecule has 0 N–H and O–H groups in total. The van der Waals surface area contributed by atoms with Crippen molar-refractivity contribution in [1.29, 1.82) is 0 Å². The van der Waals surface area contributed by atoms with E-state index in [1.165, 1.54) is 109 Å². The lowest BCUT2D eigenvalue weighted by Gasteiger charge is -2.31. The first-order valence-electron chi connectivity index (χ1n) is 23.8. The van der Waals surface area contributed by atoms with Crippen LogP contribution in [0.15, 0.2) is 261 Å². The van der Waals surface area contributed by atoms with Gasteiger partial charge in [-0.3, -0.25) is 0 Å². The van der Waals surface area contributed by atoms with Crippen LogP contribution < -0.4 is 4.90 Å². The quantitative estimate of drug-likeness (QED) is 0.154. The average Bonchev–Trinajstić information content (AvgIpc) is 4.07. The van der Waals surface area contributed by atoms with Crippen molar-refractivity contribution in [3.63, 3.8) is 0 Å². The zero-order chi connectivity index (χ0) is 45.5. The molecule has 1 heterocycles. The van der Waals surface area contributed by atoms with Gasteiger partial charge in [-0.2, -0.15) is 0 Å². The number of rotatable bonds is 7. The molecule has 2 aliphatic rings. The van der Waals surface area contributed by atoms with Gasteiger partial charge in [0.2, 0.25) is 0 Å². The summed E-state index contributed by atoms with van der Waals surface area (Å²) in [7, 11) is 0. The molecule has 2 heteroatoms. The highest BCUT2D eigenvalue weighted by atomic mass is 32.1. The van der Waals surface area contributed by atoms with Crippen LogP contribution in [0.3, 0.4) is 0 Å². The van der Waals surface area contributed by atoms with Crippen molar-refractivity contribution >= 4 is 48.6 Å². The zero-order valence-electron chi connectivity index (χ0n) is 37.7. The Morgan fingerprint density at radius 3 is 1.54 bits per heavy atom. The van der Waals surface area contributed by atoms with Crippen molar-refractivity contribution in [2.75, 3.05) is 4.90 Å². The maximum atomic E-state index is 2.49. The second-order valence-corrected chi connectivity index (χ2v) is 19.3. The summed E-state index contributed by atoms with van der Waals surface area (Å²) in [4.78, 5) is 2.48. The van der Waals surface area contributed by atoms with E-state index in [0.29, 0.717) is 0 Å². The Morgan fingerprint density at radius 1 is 0.290 bits per heavy atom. The summed E-state index contributed by atoms with van der Waals surface area (Å²) in [5, 5.41) is 2.60. The molecule has 0 amide bonds. The van der Waals surface area contributed by atoms with Gasteiger partial charge in [-0.25, -0.2) is 0 Å². The summed E-state index contributed by atoms with van der Waals surface area (Å²) < 4.78 is 2.61. The third-order valence-electron chi connectivity index (χ3n) is 14.7. The number of anilines is 3. The largest absolute Gasteiger partial charge is 0.310 e. The summed E-state index contributed by atoms with van der Waals surface area (Å²) in [5.74, 6) is 0. The highest BCUT2D eigenvalue weighted by Crippen LogP contribution is 2.64. The van der Waals surface area contributed by atoms with Gasteiger partial charge < -0.3 is 4.90 Å². The molecule has 0 saturated heterocycles. The molecule has 0 fully saturated rings. The van der Waals surface area contributed by atoms with Gasteiger partial charge in [-0.1, -0.05) is 218 Å². The van der Waals surface area contributed by atoms with Crippen LogP contribution in [0.2, 0.25) is 0 Å². The molecule has 12 aromatic rings. The molecule has 1 aromatic heterocycles. The fraction of sp³-hybridized carbons (Fsp3) is 0.0149. The first kappa shape index (κ1) is 39.6. The van der Waals surface area contributed by atoms with Crippen molar-refractivity contribution in [3.05, 3.63) is 283 Å². The Balaban J connectivity index is 1.06. The monoisotopic (exact) mass is 893 g/mol. The molecule has 69 heavy (non-hydrogen) atoms. The van der Waals surface area contributed by atoms with Crippen LogP contribution in [-0.4, -0.2) is 0 Å². The summed E-state index contributed by atoms with van der Waals surface area (Å²) >= 11 is 1.89. The number of nitrogens with zero attached hydrogens (tertiary/aromatic N) is 1. The van der Waals surface area contributed by atoms with Gasteiger partial charge in [0, 0.05) is 37.1 Å². The lowest BCUT2D eigenvalue weighted by Crippen LogP contribution is -2.25. The van der Waals surface area contributed by atoms with E-state index in [1.807, 2.05) is 11.3 Å². The Hall–Kier alpha value is -8.56. The van der Waals surface area contributed by atoms with Crippen LogP contribution in [0.1, 0.15) is 22.3 Å².